The number of H-pyrrole nitrogens is 1. The van der Waals surface area contributed by atoms with E-state index >= 15 is 0 Å². The van der Waals surface area contributed by atoms with E-state index in [4.69, 9.17) is 0 Å². The van der Waals surface area contributed by atoms with Crippen LogP contribution >= 0.6 is 11.3 Å². The molecule has 11 heavy (non-hydrogen) atoms. The molecule has 0 aliphatic carbocycles. The summed E-state index contributed by atoms with van der Waals surface area (Å²) in [7, 11) is 0. The van der Waals surface area contributed by atoms with E-state index in [1.54, 1.807) is 11.3 Å². The minimum absolute atomic E-state index is 0.542. The first-order valence-corrected chi connectivity index (χ1v) is 4.53. The van der Waals surface area contributed by atoms with Crippen molar-refractivity contribution >= 4 is 21.7 Å². The van der Waals surface area contributed by atoms with Crippen molar-refractivity contribution in [3.05, 3.63) is 17.3 Å². The molecule has 0 aliphatic heterocycles. The maximum absolute atomic E-state index is 4.46. The molecule has 0 unspecified atom stereocenters. The summed E-state index contributed by atoms with van der Waals surface area (Å²) in [5.74, 6) is 0.542. The maximum Gasteiger partial charge on any atom is 0.120 e. The third-order valence-corrected chi connectivity index (χ3v) is 2.92. The highest BCUT2D eigenvalue weighted by molar-refractivity contribution is 7.18. The normalized spacial score (nSPS) is 11.5. The molecule has 0 radical (unpaired) electrons. The summed E-state index contributed by atoms with van der Waals surface area (Å²) in [6, 6.07) is 2.01. The molecular weight excluding hydrogens is 156 g/mol. The second-order valence-electron chi connectivity index (χ2n) is 2.90. The summed E-state index contributed by atoms with van der Waals surface area (Å²) >= 11 is 1.75. The van der Waals surface area contributed by atoms with Crippen LogP contribution in [0.15, 0.2) is 12.3 Å². The van der Waals surface area contributed by atoms with E-state index in [1.165, 1.54) is 9.84 Å². The number of nitrogens with one attached hydrogen (secondary N) is 1. The van der Waals surface area contributed by atoms with Crippen LogP contribution in [0.4, 0.5) is 0 Å². The molecule has 0 amide bonds. The van der Waals surface area contributed by atoms with Gasteiger partial charge >= 0.3 is 0 Å². The molecule has 2 aromatic rings. The molecule has 0 aromatic carbocycles. The Hall–Kier alpha value is -0.830. The van der Waals surface area contributed by atoms with E-state index in [9.17, 15) is 0 Å². The lowest BCUT2D eigenvalue weighted by Crippen LogP contribution is -1.82. The first-order chi connectivity index (χ1) is 5.27. The highest BCUT2D eigenvalue weighted by atomic mass is 32.1. The van der Waals surface area contributed by atoms with E-state index in [2.05, 4.69) is 23.8 Å². The molecule has 1 N–H and O–H groups in total. The minimum Gasteiger partial charge on any atom is -0.352 e. The molecule has 0 spiro atoms. The highest BCUT2D eigenvalue weighted by Gasteiger charge is 2.06. The summed E-state index contributed by atoms with van der Waals surface area (Å²) in [5, 5.41) is 1.21. The van der Waals surface area contributed by atoms with E-state index in [0.29, 0.717) is 5.92 Å². The fourth-order valence-electron chi connectivity index (χ4n) is 1.01. The highest BCUT2D eigenvalue weighted by Crippen LogP contribution is 2.25. The topological polar surface area (TPSA) is 28.7 Å². The average molecular weight is 166 g/mol. The predicted octanol–water partition coefficient (Wildman–Crippen LogP) is 2.75. The zero-order valence-electron chi connectivity index (χ0n) is 6.59. The van der Waals surface area contributed by atoms with Crippen LogP contribution in [0.1, 0.15) is 24.8 Å². The van der Waals surface area contributed by atoms with Crippen molar-refractivity contribution in [3.63, 3.8) is 0 Å². The van der Waals surface area contributed by atoms with Gasteiger partial charge in [0.1, 0.15) is 4.83 Å². The van der Waals surface area contributed by atoms with Crippen LogP contribution in [-0.4, -0.2) is 9.97 Å². The Morgan fingerprint density at radius 1 is 1.55 bits per heavy atom. The molecular formula is C8H10N2S. The zero-order chi connectivity index (χ0) is 7.84. The van der Waals surface area contributed by atoms with Gasteiger partial charge in [0, 0.05) is 12.1 Å². The van der Waals surface area contributed by atoms with Gasteiger partial charge in [-0.1, -0.05) is 13.8 Å². The Kier molecular flexibility index (Phi) is 1.46. The summed E-state index contributed by atoms with van der Waals surface area (Å²) in [5.41, 5.74) is 1.10. The molecule has 2 rings (SSSR count). The Bertz CT molecular complexity index is 330. The van der Waals surface area contributed by atoms with Crippen molar-refractivity contribution < 1.29 is 0 Å². The smallest absolute Gasteiger partial charge is 0.120 e. The SMILES string of the molecule is CC(C)c1nc2cc[nH]c2s1. The van der Waals surface area contributed by atoms with Gasteiger partial charge in [-0.25, -0.2) is 4.98 Å². The van der Waals surface area contributed by atoms with Gasteiger partial charge in [-0.05, 0) is 6.07 Å². The number of hydrogen-bond acceptors (Lipinski definition) is 2. The third-order valence-electron chi connectivity index (χ3n) is 1.62. The lowest BCUT2D eigenvalue weighted by atomic mass is 10.2. The fraction of sp³-hybridized carbons (Fsp3) is 0.375. The number of rotatable bonds is 1. The first-order valence-electron chi connectivity index (χ1n) is 3.71. The van der Waals surface area contributed by atoms with Crippen molar-refractivity contribution in [3.8, 4) is 0 Å². The summed E-state index contributed by atoms with van der Waals surface area (Å²) < 4.78 is 0. The van der Waals surface area contributed by atoms with E-state index < -0.39 is 0 Å². The number of thiazole rings is 1. The molecule has 2 nitrogen and oxygen atoms in total. The molecule has 0 fully saturated rings. The molecule has 0 aliphatic rings. The van der Waals surface area contributed by atoms with Crippen LogP contribution in [0, 0.1) is 0 Å². The number of fused-ring (bicyclic) bond motifs is 1. The Morgan fingerprint density at radius 3 is 3.00 bits per heavy atom. The van der Waals surface area contributed by atoms with Crippen LogP contribution < -0.4 is 0 Å². The lowest BCUT2D eigenvalue weighted by molar-refractivity contribution is 0.857. The van der Waals surface area contributed by atoms with E-state index in [0.717, 1.165) is 5.52 Å². The number of nitrogens with zero attached hydrogens (tertiary/aromatic N) is 1. The lowest BCUT2D eigenvalue weighted by Gasteiger charge is -1.94. The van der Waals surface area contributed by atoms with Gasteiger partial charge in [0.25, 0.3) is 0 Å². The van der Waals surface area contributed by atoms with Gasteiger partial charge in [0.15, 0.2) is 0 Å². The Balaban J connectivity index is 2.58. The number of aromatic nitrogens is 2. The molecule has 0 saturated heterocycles. The molecule has 2 aromatic heterocycles. The van der Waals surface area contributed by atoms with Crippen LogP contribution in [-0.2, 0) is 0 Å². The number of aromatic amines is 1. The Labute approximate surface area is 69.3 Å². The van der Waals surface area contributed by atoms with Gasteiger partial charge in [0.2, 0.25) is 0 Å². The summed E-state index contributed by atoms with van der Waals surface area (Å²) in [6.45, 7) is 4.33. The predicted molar refractivity (Wildman–Crippen MR) is 48.1 cm³/mol. The molecule has 0 atom stereocenters. The van der Waals surface area contributed by atoms with E-state index in [1.807, 2.05) is 12.3 Å². The van der Waals surface area contributed by atoms with Crippen LogP contribution in [0.2, 0.25) is 0 Å². The van der Waals surface area contributed by atoms with Gasteiger partial charge in [0.05, 0.1) is 10.5 Å². The van der Waals surface area contributed by atoms with Crippen molar-refractivity contribution in [1.82, 2.24) is 9.97 Å². The van der Waals surface area contributed by atoms with Crippen molar-refractivity contribution in [1.29, 1.82) is 0 Å². The third kappa shape index (κ3) is 1.05. The summed E-state index contributed by atoms with van der Waals surface area (Å²) in [4.78, 5) is 8.80. The van der Waals surface area contributed by atoms with Gasteiger partial charge in [-0.3, -0.25) is 0 Å². The molecule has 2 heterocycles. The van der Waals surface area contributed by atoms with E-state index in [-0.39, 0.29) is 0 Å². The molecule has 3 heteroatoms. The van der Waals surface area contributed by atoms with Crippen LogP contribution in [0.5, 0.6) is 0 Å². The van der Waals surface area contributed by atoms with Gasteiger partial charge in [-0.15, -0.1) is 11.3 Å². The molecule has 0 bridgehead atoms. The average Bonchev–Trinajstić information content (AvgIpc) is 2.40. The zero-order valence-corrected chi connectivity index (χ0v) is 7.40. The second kappa shape index (κ2) is 2.34. The maximum atomic E-state index is 4.46. The monoisotopic (exact) mass is 166 g/mol. The van der Waals surface area contributed by atoms with Crippen LogP contribution in [0.25, 0.3) is 10.3 Å². The van der Waals surface area contributed by atoms with Crippen LogP contribution in [0.3, 0.4) is 0 Å². The van der Waals surface area contributed by atoms with Gasteiger partial charge < -0.3 is 4.98 Å². The van der Waals surface area contributed by atoms with Crippen molar-refractivity contribution in [2.75, 3.05) is 0 Å². The molecule has 58 valence electrons. The van der Waals surface area contributed by atoms with Gasteiger partial charge in [-0.2, -0.15) is 0 Å². The Morgan fingerprint density at radius 2 is 2.36 bits per heavy atom. The standard InChI is InChI=1S/C8H10N2S/c1-5(2)7-10-6-3-4-9-8(6)11-7/h3-5,9H,1-2H3. The first kappa shape index (κ1) is 6.85. The van der Waals surface area contributed by atoms with Crippen molar-refractivity contribution in [2.24, 2.45) is 0 Å². The second-order valence-corrected chi connectivity index (χ2v) is 3.93. The van der Waals surface area contributed by atoms with Crippen molar-refractivity contribution in [2.45, 2.75) is 19.8 Å². The fourth-order valence-corrected chi connectivity index (χ4v) is 1.94. The largest absolute Gasteiger partial charge is 0.352 e. The quantitative estimate of drug-likeness (QED) is 0.693. The number of hydrogen-bond donors (Lipinski definition) is 1. The molecule has 0 saturated carbocycles. The summed E-state index contributed by atoms with van der Waals surface area (Å²) in [6.07, 6.45) is 1.93. The minimum atomic E-state index is 0.542.